The molecular weight excluding hydrogens is 364 g/mol. The van der Waals surface area contributed by atoms with Crippen molar-refractivity contribution in [3.63, 3.8) is 0 Å². The van der Waals surface area contributed by atoms with Crippen molar-refractivity contribution in [1.82, 2.24) is 0 Å². The van der Waals surface area contributed by atoms with Crippen LogP contribution in [0.25, 0.3) is 0 Å². The summed E-state index contributed by atoms with van der Waals surface area (Å²) in [6.45, 7) is 0. The molecule has 0 radical (unpaired) electrons. The van der Waals surface area contributed by atoms with Crippen LogP contribution in [0.5, 0.6) is 0 Å². The van der Waals surface area contributed by atoms with Gasteiger partial charge in [-0.2, -0.15) is 15.8 Å². The van der Waals surface area contributed by atoms with Crippen LogP contribution < -0.4 is 5.73 Å². The highest BCUT2D eigenvalue weighted by Crippen LogP contribution is 2.55. The molecule has 24 heavy (non-hydrogen) atoms. The minimum absolute atomic E-state index is 0.0469. The summed E-state index contributed by atoms with van der Waals surface area (Å²) in [5, 5.41) is 29.3. The zero-order chi connectivity index (χ0) is 17.3. The Balaban J connectivity index is 2.34. The van der Waals surface area contributed by atoms with Gasteiger partial charge in [0.1, 0.15) is 6.07 Å². The second kappa shape index (κ2) is 6.16. The molecule has 0 saturated carbocycles. The van der Waals surface area contributed by atoms with Gasteiger partial charge in [0, 0.05) is 10.4 Å². The van der Waals surface area contributed by atoms with Gasteiger partial charge >= 0.3 is 0 Å². The lowest BCUT2D eigenvalue weighted by molar-refractivity contribution is 0.317. The molecule has 2 N–H and O–H groups in total. The molecule has 118 valence electrons. The van der Waals surface area contributed by atoms with Gasteiger partial charge in [0.2, 0.25) is 0 Å². The molecule has 0 amide bonds. The Kier molecular flexibility index (Phi) is 4.18. The summed E-state index contributed by atoms with van der Waals surface area (Å²) < 4.78 is 0.889. The van der Waals surface area contributed by atoms with Gasteiger partial charge in [0.05, 0.1) is 23.4 Å². The third-order valence-electron chi connectivity index (χ3n) is 5.01. The van der Waals surface area contributed by atoms with Crippen LogP contribution in [0, 0.1) is 45.3 Å². The van der Waals surface area contributed by atoms with Crippen LogP contribution in [0.2, 0.25) is 0 Å². The predicted octanol–water partition coefficient (Wildman–Crippen LogP) is 4.04. The van der Waals surface area contributed by atoms with Gasteiger partial charge in [-0.05, 0) is 48.4 Å². The Morgan fingerprint density at radius 1 is 1.21 bits per heavy atom. The van der Waals surface area contributed by atoms with Gasteiger partial charge in [-0.15, -0.1) is 0 Å². The fourth-order valence-corrected chi connectivity index (χ4v) is 4.37. The number of hydrogen-bond acceptors (Lipinski definition) is 4. The molecule has 5 heteroatoms. The summed E-state index contributed by atoms with van der Waals surface area (Å²) in [5.74, 6) is -0.428. The van der Waals surface area contributed by atoms with Crippen LogP contribution in [-0.4, -0.2) is 0 Å². The molecule has 2 aliphatic rings. The SMILES string of the molecule is N#CC1=C(N)C(C#N)(C#N)[C@H](c2cccc(Br)c2)[C@H]2CCCC=C12. The number of fused-ring (bicyclic) bond motifs is 1. The van der Waals surface area contributed by atoms with Crippen molar-refractivity contribution in [2.24, 2.45) is 17.1 Å². The maximum Gasteiger partial charge on any atom is 0.191 e. The number of nitriles is 3. The summed E-state index contributed by atoms with van der Waals surface area (Å²) in [6.07, 6.45) is 4.75. The molecule has 4 nitrogen and oxygen atoms in total. The molecule has 0 aliphatic heterocycles. The lowest BCUT2D eigenvalue weighted by atomic mass is 9.57. The maximum atomic E-state index is 9.89. The first-order valence-corrected chi connectivity index (χ1v) is 8.57. The van der Waals surface area contributed by atoms with E-state index in [1.165, 1.54) is 0 Å². The van der Waals surface area contributed by atoms with E-state index in [9.17, 15) is 15.8 Å². The van der Waals surface area contributed by atoms with Gasteiger partial charge in [-0.1, -0.05) is 34.1 Å². The van der Waals surface area contributed by atoms with Gasteiger partial charge in [-0.3, -0.25) is 0 Å². The summed E-state index contributed by atoms with van der Waals surface area (Å²) in [5.41, 5.74) is 6.89. The molecule has 2 aliphatic carbocycles. The van der Waals surface area contributed by atoms with Gasteiger partial charge in [0.15, 0.2) is 5.41 Å². The third kappa shape index (κ3) is 2.23. The van der Waals surface area contributed by atoms with Gasteiger partial charge in [0.25, 0.3) is 0 Å². The van der Waals surface area contributed by atoms with Crippen molar-refractivity contribution in [3.05, 3.63) is 57.2 Å². The van der Waals surface area contributed by atoms with Crippen molar-refractivity contribution < 1.29 is 0 Å². The first-order valence-electron chi connectivity index (χ1n) is 7.77. The third-order valence-corrected chi connectivity index (χ3v) is 5.50. The molecule has 3 rings (SSSR count). The molecular formula is C19H15BrN4. The minimum Gasteiger partial charge on any atom is -0.399 e. The smallest absolute Gasteiger partial charge is 0.191 e. The maximum absolute atomic E-state index is 9.89. The summed E-state index contributed by atoms with van der Waals surface area (Å²) in [6, 6.07) is 14.1. The molecule has 1 aromatic carbocycles. The van der Waals surface area contributed by atoms with Crippen LogP contribution in [0.1, 0.15) is 30.7 Å². The Morgan fingerprint density at radius 2 is 1.96 bits per heavy atom. The van der Waals surface area contributed by atoms with Crippen LogP contribution in [-0.2, 0) is 0 Å². The number of hydrogen-bond donors (Lipinski definition) is 1. The number of halogens is 1. The van der Waals surface area contributed by atoms with Crippen molar-refractivity contribution in [2.75, 3.05) is 0 Å². The number of rotatable bonds is 1. The second-order valence-corrected chi connectivity index (χ2v) is 7.08. The Bertz CT molecular complexity index is 862. The fraction of sp³-hybridized carbons (Fsp3) is 0.316. The van der Waals surface area contributed by atoms with Gasteiger partial charge < -0.3 is 5.73 Å². The number of nitrogens with zero attached hydrogens (tertiary/aromatic N) is 3. The highest BCUT2D eigenvalue weighted by molar-refractivity contribution is 9.10. The topological polar surface area (TPSA) is 97.4 Å². The highest BCUT2D eigenvalue weighted by Gasteiger charge is 2.53. The van der Waals surface area contributed by atoms with Crippen LogP contribution in [0.4, 0.5) is 0 Å². The van der Waals surface area contributed by atoms with Crippen molar-refractivity contribution in [2.45, 2.75) is 25.2 Å². The van der Waals surface area contributed by atoms with Gasteiger partial charge in [-0.25, -0.2) is 0 Å². The van der Waals surface area contributed by atoms with Crippen LogP contribution >= 0.6 is 15.9 Å². The Labute approximate surface area is 149 Å². The lowest BCUT2D eigenvalue weighted by Gasteiger charge is -2.43. The number of benzene rings is 1. The molecule has 0 fully saturated rings. The van der Waals surface area contributed by atoms with E-state index in [-0.39, 0.29) is 17.5 Å². The molecule has 0 saturated heterocycles. The van der Waals surface area contributed by atoms with Crippen LogP contribution in [0.3, 0.4) is 0 Å². The van der Waals surface area contributed by atoms with Crippen LogP contribution in [0.15, 0.2) is 51.7 Å². The van der Waals surface area contributed by atoms with Crippen molar-refractivity contribution in [1.29, 1.82) is 15.8 Å². The minimum atomic E-state index is -1.52. The average molecular weight is 379 g/mol. The fourth-order valence-electron chi connectivity index (χ4n) is 3.95. The first-order chi connectivity index (χ1) is 11.6. The molecule has 0 unspecified atom stereocenters. The van der Waals surface area contributed by atoms with E-state index in [1.54, 1.807) is 0 Å². The number of allylic oxidation sites excluding steroid dienone is 4. The molecule has 0 bridgehead atoms. The van der Waals surface area contributed by atoms with E-state index >= 15 is 0 Å². The molecule has 1 aromatic rings. The standard InChI is InChI=1S/C19H15BrN4/c20-13-5-3-4-12(8-13)17-15-7-2-1-6-14(15)16(9-21)18(24)19(17,10-22)11-23/h3-6,8,15,17H,1-2,7,24H2/t15-,17+/m0/s1. The number of nitrogens with two attached hydrogens (primary N) is 1. The summed E-state index contributed by atoms with van der Waals surface area (Å²) in [7, 11) is 0. The highest BCUT2D eigenvalue weighted by atomic mass is 79.9. The van der Waals surface area contributed by atoms with E-state index in [0.29, 0.717) is 5.57 Å². The lowest BCUT2D eigenvalue weighted by Crippen LogP contribution is -2.42. The van der Waals surface area contributed by atoms with Crippen molar-refractivity contribution in [3.8, 4) is 18.2 Å². The van der Waals surface area contributed by atoms with E-state index in [1.807, 2.05) is 30.3 Å². The zero-order valence-corrected chi connectivity index (χ0v) is 14.5. The van der Waals surface area contributed by atoms with E-state index in [4.69, 9.17) is 5.73 Å². The molecule has 0 heterocycles. The Morgan fingerprint density at radius 3 is 2.58 bits per heavy atom. The van der Waals surface area contributed by atoms with E-state index in [2.05, 4.69) is 34.1 Å². The Hall–Kier alpha value is -2.55. The largest absolute Gasteiger partial charge is 0.399 e. The molecule has 0 aromatic heterocycles. The first kappa shape index (κ1) is 16.3. The second-order valence-electron chi connectivity index (χ2n) is 6.16. The quantitative estimate of drug-likeness (QED) is 0.796. The van der Waals surface area contributed by atoms with Crippen molar-refractivity contribution >= 4 is 15.9 Å². The zero-order valence-electron chi connectivity index (χ0n) is 13.0. The van der Waals surface area contributed by atoms with E-state index < -0.39 is 5.41 Å². The monoisotopic (exact) mass is 378 g/mol. The van der Waals surface area contributed by atoms with E-state index in [0.717, 1.165) is 34.9 Å². The molecule has 2 atom stereocenters. The summed E-state index contributed by atoms with van der Waals surface area (Å²) in [4.78, 5) is 0. The normalized spacial score (nSPS) is 24.8. The average Bonchev–Trinajstić information content (AvgIpc) is 2.61. The predicted molar refractivity (Wildman–Crippen MR) is 92.8 cm³/mol. The molecule has 0 spiro atoms. The summed E-state index contributed by atoms with van der Waals surface area (Å²) >= 11 is 3.46.